The first-order valence-corrected chi connectivity index (χ1v) is 7.07. The summed E-state index contributed by atoms with van der Waals surface area (Å²) in [4.78, 5) is 11.8. The number of furan rings is 1. The molecule has 0 aliphatic carbocycles. The number of carbonyl (C=O) groups is 1. The standard InChI is InChI=1S/C17H16FN3O2/c18-15-5-3-13(4-6-15)7-8-20-11-14(10-19)17(22)21-12-16-2-1-9-23-16/h1-6,9,11,20H,7-8,12H2,(H,21,22)/b14-11-. The third kappa shape index (κ3) is 5.32. The minimum Gasteiger partial charge on any atom is -0.467 e. The molecule has 6 heteroatoms. The van der Waals surface area contributed by atoms with Crippen LogP contribution in [0.3, 0.4) is 0 Å². The average Bonchev–Trinajstić information content (AvgIpc) is 3.08. The minimum absolute atomic E-state index is 0.0179. The lowest BCUT2D eigenvalue weighted by Gasteiger charge is -2.04. The number of hydrogen-bond acceptors (Lipinski definition) is 4. The molecule has 0 aliphatic rings. The fraction of sp³-hybridized carbons (Fsp3) is 0.176. The van der Waals surface area contributed by atoms with Crippen LogP contribution in [0.1, 0.15) is 11.3 Å². The number of benzene rings is 1. The predicted molar refractivity (Wildman–Crippen MR) is 82.4 cm³/mol. The van der Waals surface area contributed by atoms with Crippen LogP contribution in [0.15, 0.2) is 58.9 Å². The van der Waals surface area contributed by atoms with Crippen molar-refractivity contribution >= 4 is 5.91 Å². The highest BCUT2D eigenvalue weighted by atomic mass is 19.1. The van der Waals surface area contributed by atoms with E-state index in [4.69, 9.17) is 9.68 Å². The number of nitrogens with zero attached hydrogens (tertiary/aromatic N) is 1. The molecule has 0 bridgehead atoms. The SMILES string of the molecule is N#C/C(=C/NCCc1ccc(F)cc1)C(=O)NCc1ccco1. The second kappa shape index (κ2) is 8.39. The van der Waals surface area contributed by atoms with E-state index in [1.165, 1.54) is 24.6 Å². The minimum atomic E-state index is -0.474. The lowest BCUT2D eigenvalue weighted by atomic mass is 10.1. The third-order valence-electron chi connectivity index (χ3n) is 3.09. The number of nitriles is 1. The molecule has 0 saturated heterocycles. The second-order valence-corrected chi connectivity index (χ2v) is 4.76. The van der Waals surface area contributed by atoms with Crippen LogP contribution in [0, 0.1) is 17.1 Å². The van der Waals surface area contributed by atoms with Crippen molar-refractivity contribution in [1.29, 1.82) is 5.26 Å². The maximum atomic E-state index is 12.8. The van der Waals surface area contributed by atoms with Gasteiger partial charge >= 0.3 is 0 Å². The van der Waals surface area contributed by atoms with E-state index in [1.54, 1.807) is 24.3 Å². The molecule has 1 aromatic heterocycles. The summed E-state index contributed by atoms with van der Waals surface area (Å²) in [6.45, 7) is 0.753. The van der Waals surface area contributed by atoms with Crippen LogP contribution in [0.4, 0.5) is 4.39 Å². The molecule has 1 heterocycles. The van der Waals surface area contributed by atoms with Crippen molar-refractivity contribution in [3.05, 3.63) is 71.6 Å². The van der Waals surface area contributed by atoms with Crippen molar-refractivity contribution in [1.82, 2.24) is 10.6 Å². The average molecular weight is 313 g/mol. The molecule has 0 saturated carbocycles. The highest BCUT2D eigenvalue weighted by Gasteiger charge is 2.08. The first-order valence-electron chi connectivity index (χ1n) is 7.07. The largest absolute Gasteiger partial charge is 0.467 e. The number of carbonyl (C=O) groups excluding carboxylic acids is 1. The van der Waals surface area contributed by atoms with Crippen molar-refractivity contribution in [3.8, 4) is 6.07 Å². The molecular formula is C17H16FN3O2. The van der Waals surface area contributed by atoms with Gasteiger partial charge in [-0.15, -0.1) is 0 Å². The van der Waals surface area contributed by atoms with E-state index in [0.29, 0.717) is 18.7 Å². The summed E-state index contributed by atoms with van der Waals surface area (Å²) < 4.78 is 17.9. The number of hydrogen-bond donors (Lipinski definition) is 2. The molecule has 1 amide bonds. The van der Waals surface area contributed by atoms with Crippen molar-refractivity contribution in [2.45, 2.75) is 13.0 Å². The molecular weight excluding hydrogens is 297 g/mol. The summed E-state index contributed by atoms with van der Waals surface area (Å²) in [5, 5.41) is 14.5. The Balaban J connectivity index is 1.78. The molecule has 23 heavy (non-hydrogen) atoms. The maximum Gasteiger partial charge on any atom is 0.263 e. The molecule has 2 N–H and O–H groups in total. The Labute approximate surface area is 133 Å². The number of halogens is 1. The summed E-state index contributed by atoms with van der Waals surface area (Å²) in [6, 6.07) is 11.5. The highest BCUT2D eigenvalue weighted by Crippen LogP contribution is 2.03. The molecule has 0 radical (unpaired) electrons. The van der Waals surface area contributed by atoms with Crippen LogP contribution in [0.5, 0.6) is 0 Å². The number of nitrogens with one attached hydrogen (secondary N) is 2. The van der Waals surface area contributed by atoms with Crippen LogP contribution < -0.4 is 10.6 Å². The van der Waals surface area contributed by atoms with E-state index in [9.17, 15) is 9.18 Å². The van der Waals surface area contributed by atoms with Gasteiger partial charge in [0.2, 0.25) is 0 Å². The summed E-state index contributed by atoms with van der Waals surface area (Å²) in [7, 11) is 0. The molecule has 0 unspecified atom stereocenters. The monoisotopic (exact) mass is 313 g/mol. The van der Waals surface area contributed by atoms with E-state index in [-0.39, 0.29) is 17.9 Å². The predicted octanol–water partition coefficient (Wildman–Crippen LogP) is 2.27. The van der Waals surface area contributed by atoms with Crippen molar-refractivity contribution in [2.75, 3.05) is 6.54 Å². The zero-order valence-corrected chi connectivity index (χ0v) is 12.4. The summed E-state index contributed by atoms with van der Waals surface area (Å²) in [5.74, 6) is -0.139. The van der Waals surface area contributed by atoms with E-state index in [0.717, 1.165) is 5.56 Å². The Hall–Kier alpha value is -3.07. The van der Waals surface area contributed by atoms with E-state index >= 15 is 0 Å². The smallest absolute Gasteiger partial charge is 0.263 e. The molecule has 118 valence electrons. The van der Waals surface area contributed by atoms with Crippen molar-refractivity contribution < 1.29 is 13.6 Å². The zero-order chi connectivity index (χ0) is 16.5. The van der Waals surface area contributed by atoms with Crippen molar-refractivity contribution in [2.24, 2.45) is 0 Å². The maximum absolute atomic E-state index is 12.8. The molecule has 2 rings (SSSR count). The molecule has 1 aromatic carbocycles. The van der Waals surface area contributed by atoms with Gasteiger partial charge in [-0.05, 0) is 36.2 Å². The summed E-state index contributed by atoms with van der Waals surface area (Å²) in [6.07, 6.45) is 3.55. The van der Waals surface area contributed by atoms with Gasteiger partial charge in [0, 0.05) is 12.7 Å². The van der Waals surface area contributed by atoms with E-state index in [1.807, 2.05) is 6.07 Å². The molecule has 0 atom stereocenters. The van der Waals surface area contributed by atoms with Gasteiger partial charge in [-0.25, -0.2) is 4.39 Å². The van der Waals surface area contributed by atoms with E-state index in [2.05, 4.69) is 10.6 Å². The van der Waals surface area contributed by atoms with Crippen LogP contribution in [0.2, 0.25) is 0 Å². The summed E-state index contributed by atoms with van der Waals surface area (Å²) >= 11 is 0. The van der Waals surface area contributed by atoms with Gasteiger partial charge in [0.15, 0.2) is 0 Å². The van der Waals surface area contributed by atoms with Gasteiger partial charge in [0.1, 0.15) is 23.2 Å². The summed E-state index contributed by atoms with van der Waals surface area (Å²) in [5.41, 5.74) is 0.948. The molecule has 2 aromatic rings. The molecule has 5 nitrogen and oxygen atoms in total. The van der Waals surface area contributed by atoms with Crippen molar-refractivity contribution in [3.63, 3.8) is 0 Å². The highest BCUT2D eigenvalue weighted by molar-refractivity contribution is 5.97. The topological polar surface area (TPSA) is 78.1 Å². The Morgan fingerprint density at radius 1 is 1.30 bits per heavy atom. The van der Waals surface area contributed by atoms with Gasteiger partial charge in [0.25, 0.3) is 5.91 Å². The molecule has 0 aliphatic heterocycles. The second-order valence-electron chi connectivity index (χ2n) is 4.76. The quantitative estimate of drug-likeness (QED) is 0.467. The Kier molecular flexibility index (Phi) is 5.95. The Morgan fingerprint density at radius 3 is 2.74 bits per heavy atom. The van der Waals surface area contributed by atoms with Gasteiger partial charge in [-0.2, -0.15) is 5.26 Å². The van der Waals surface area contributed by atoms with Crippen LogP contribution in [0.25, 0.3) is 0 Å². The normalized spacial score (nSPS) is 10.9. The van der Waals surface area contributed by atoms with Gasteiger partial charge in [-0.3, -0.25) is 4.79 Å². The van der Waals surface area contributed by atoms with Gasteiger partial charge < -0.3 is 15.1 Å². The molecule has 0 spiro atoms. The lowest BCUT2D eigenvalue weighted by Crippen LogP contribution is -2.25. The fourth-order valence-corrected chi connectivity index (χ4v) is 1.87. The first-order chi connectivity index (χ1) is 11.2. The van der Waals surface area contributed by atoms with Crippen LogP contribution in [-0.4, -0.2) is 12.5 Å². The first kappa shape index (κ1) is 16.3. The Bertz CT molecular complexity index is 700. The number of rotatable bonds is 7. The zero-order valence-electron chi connectivity index (χ0n) is 12.4. The van der Waals surface area contributed by atoms with Gasteiger partial charge in [0.05, 0.1) is 12.8 Å². The van der Waals surface area contributed by atoms with Gasteiger partial charge in [-0.1, -0.05) is 12.1 Å². The lowest BCUT2D eigenvalue weighted by molar-refractivity contribution is -0.117. The van der Waals surface area contributed by atoms with Crippen LogP contribution in [-0.2, 0) is 17.8 Å². The number of amides is 1. The van der Waals surface area contributed by atoms with Crippen LogP contribution >= 0.6 is 0 Å². The van der Waals surface area contributed by atoms with E-state index < -0.39 is 5.91 Å². The molecule has 0 fully saturated rings. The third-order valence-corrected chi connectivity index (χ3v) is 3.09. The fourth-order valence-electron chi connectivity index (χ4n) is 1.87. The Morgan fingerprint density at radius 2 is 2.09 bits per heavy atom.